The number of nitriles is 1. The molecule has 1 aliphatic heterocycles. The van der Waals surface area contributed by atoms with Gasteiger partial charge in [0.15, 0.2) is 5.82 Å². The van der Waals surface area contributed by atoms with E-state index < -0.39 is 0 Å². The third kappa shape index (κ3) is 2.97. The Hall–Kier alpha value is -2.32. The summed E-state index contributed by atoms with van der Waals surface area (Å²) in [5.74, 6) is 1.17. The SMILES string of the molecule is C[C@@H]1CCCN(C/C(O)=C(\C#N)c2nc3ccccc3[nH]2)C1. The molecule has 1 aromatic heterocycles. The van der Waals surface area contributed by atoms with E-state index in [1.54, 1.807) is 0 Å². The highest BCUT2D eigenvalue weighted by Crippen LogP contribution is 2.21. The highest BCUT2D eigenvalue weighted by molar-refractivity contribution is 5.82. The summed E-state index contributed by atoms with van der Waals surface area (Å²) in [4.78, 5) is 9.70. The zero-order valence-corrected chi connectivity index (χ0v) is 12.7. The summed E-state index contributed by atoms with van der Waals surface area (Å²) >= 11 is 0. The van der Waals surface area contributed by atoms with Crippen LogP contribution in [0.4, 0.5) is 0 Å². The highest BCUT2D eigenvalue weighted by Gasteiger charge is 2.20. The molecule has 1 atom stereocenters. The fourth-order valence-electron chi connectivity index (χ4n) is 3.05. The second kappa shape index (κ2) is 6.20. The first-order valence-corrected chi connectivity index (χ1v) is 7.67. The highest BCUT2D eigenvalue weighted by atomic mass is 16.3. The minimum absolute atomic E-state index is 0.0932. The number of para-hydroxylation sites is 2. The second-order valence-electron chi connectivity index (χ2n) is 6.02. The van der Waals surface area contributed by atoms with Crippen LogP contribution in [-0.2, 0) is 0 Å². The van der Waals surface area contributed by atoms with Crippen LogP contribution in [0.25, 0.3) is 16.6 Å². The quantitative estimate of drug-likeness (QED) is 0.674. The van der Waals surface area contributed by atoms with Crippen LogP contribution in [0, 0.1) is 17.2 Å². The molecule has 0 aliphatic carbocycles. The van der Waals surface area contributed by atoms with Crippen molar-refractivity contribution in [2.45, 2.75) is 19.8 Å². The van der Waals surface area contributed by atoms with Crippen LogP contribution in [0.1, 0.15) is 25.6 Å². The number of benzene rings is 1. The van der Waals surface area contributed by atoms with E-state index in [-0.39, 0.29) is 11.3 Å². The third-order valence-corrected chi connectivity index (χ3v) is 4.14. The Labute approximate surface area is 129 Å². The number of nitrogens with one attached hydrogen (secondary N) is 1. The predicted molar refractivity (Wildman–Crippen MR) is 86.1 cm³/mol. The van der Waals surface area contributed by atoms with Crippen LogP contribution in [0.2, 0.25) is 0 Å². The number of aromatic nitrogens is 2. The molecule has 2 aromatic rings. The van der Waals surface area contributed by atoms with Gasteiger partial charge in [0.25, 0.3) is 0 Å². The lowest BCUT2D eigenvalue weighted by Gasteiger charge is -2.30. The van der Waals surface area contributed by atoms with Crippen molar-refractivity contribution in [2.75, 3.05) is 19.6 Å². The molecule has 1 fully saturated rings. The summed E-state index contributed by atoms with van der Waals surface area (Å²) in [6.07, 6.45) is 2.37. The molecule has 0 bridgehead atoms. The molecule has 0 amide bonds. The summed E-state index contributed by atoms with van der Waals surface area (Å²) < 4.78 is 0. The zero-order chi connectivity index (χ0) is 15.5. The van der Waals surface area contributed by atoms with Crippen molar-refractivity contribution in [3.8, 4) is 6.07 Å². The van der Waals surface area contributed by atoms with Gasteiger partial charge in [0, 0.05) is 6.54 Å². The monoisotopic (exact) mass is 296 g/mol. The molecule has 1 aliphatic rings. The number of nitrogens with zero attached hydrogens (tertiary/aromatic N) is 3. The second-order valence-corrected chi connectivity index (χ2v) is 6.02. The molecule has 114 valence electrons. The first kappa shape index (κ1) is 14.6. The lowest BCUT2D eigenvalue weighted by molar-refractivity contribution is 0.177. The van der Waals surface area contributed by atoms with E-state index in [0.29, 0.717) is 18.3 Å². The number of aliphatic hydroxyl groups excluding tert-OH is 1. The van der Waals surface area contributed by atoms with E-state index in [4.69, 9.17) is 0 Å². The van der Waals surface area contributed by atoms with E-state index in [1.807, 2.05) is 24.3 Å². The first-order valence-electron chi connectivity index (χ1n) is 7.67. The normalized spacial score (nSPS) is 20.6. The van der Waals surface area contributed by atoms with Gasteiger partial charge in [-0.1, -0.05) is 19.1 Å². The number of H-pyrrole nitrogens is 1. The van der Waals surface area contributed by atoms with Crippen LogP contribution in [-0.4, -0.2) is 39.6 Å². The molecular weight excluding hydrogens is 276 g/mol. The Morgan fingerprint density at radius 3 is 3.05 bits per heavy atom. The number of aromatic amines is 1. The third-order valence-electron chi connectivity index (χ3n) is 4.14. The van der Waals surface area contributed by atoms with Crippen molar-refractivity contribution < 1.29 is 5.11 Å². The van der Waals surface area contributed by atoms with Crippen molar-refractivity contribution in [3.05, 3.63) is 35.8 Å². The molecule has 0 unspecified atom stereocenters. The number of hydrogen-bond donors (Lipinski definition) is 2. The van der Waals surface area contributed by atoms with Crippen LogP contribution in [0.3, 0.4) is 0 Å². The Morgan fingerprint density at radius 2 is 2.32 bits per heavy atom. The number of imidazole rings is 1. The molecule has 1 saturated heterocycles. The van der Waals surface area contributed by atoms with Gasteiger partial charge in [-0.3, -0.25) is 4.90 Å². The number of piperidine rings is 1. The summed E-state index contributed by atoms with van der Waals surface area (Å²) in [5.41, 5.74) is 1.89. The maximum absolute atomic E-state index is 10.4. The topological polar surface area (TPSA) is 75.9 Å². The minimum atomic E-state index is 0.0932. The van der Waals surface area contributed by atoms with Gasteiger partial charge in [0.1, 0.15) is 17.4 Å². The molecule has 3 rings (SSSR count). The van der Waals surface area contributed by atoms with Crippen LogP contribution < -0.4 is 0 Å². The van der Waals surface area contributed by atoms with Gasteiger partial charge >= 0.3 is 0 Å². The molecule has 0 spiro atoms. The lowest BCUT2D eigenvalue weighted by atomic mass is 10.00. The first-order chi connectivity index (χ1) is 10.7. The number of fused-ring (bicyclic) bond motifs is 1. The molecule has 0 saturated carbocycles. The maximum atomic E-state index is 10.4. The average Bonchev–Trinajstić information content (AvgIpc) is 2.91. The number of hydrogen-bond acceptors (Lipinski definition) is 4. The van der Waals surface area contributed by atoms with Gasteiger partial charge < -0.3 is 10.1 Å². The zero-order valence-electron chi connectivity index (χ0n) is 12.7. The fourth-order valence-corrected chi connectivity index (χ4v) is 3.05. The Morgan fingerprint density at radius 1 is 1.50 bits per heavy atom. The van der Waals surface area contributed by atoms with Crippen molar-refractivity contribution >= 4 is 16.6 Å². The number of allylic oxidation sites excluding steroid dienone is 1. The van der Waals surface area contributed by atoms with Crippen molar-refractivity contribution in [1.29, 1.82) is 5.26 Å². The summed E-state index contributed by atoms with van der Waals surface area (Å²) in [6, 6.07) is 9.69. The largest absolute Gasteiger partial charge is 0.509 e. The van der Waals surface area contributed by atoms with Gasteiger partial charge in [0.2, 0.25) is 0 Å². The van der Waals surface area contributed by atoms with Crippen molar-refractivity contribution in [1.82, 2.24) is 14.9 Å². The van der Waals surface area contributed by atoms with E-state index in [0.717, 1.165) is 30.5 Å². The van der Waals surface area contributed by atoms with Gasteiger partial charge in [-0.15, -0.1) is 0 Å². The average molecular weight is 296 g/mol. The molecule has 2 N–H and O–H groups in total. The summed E-state index contributed by atoms with van der Waals surface area (Å²) in [6.45, 7) is 4.55. The molecule has 0 radical (unpaired) electrons. The van der Waals surface area contributed by atoms with Crippen molar-refractivity contribution in [2.24, 2.45) is 5.92 Å². The maximum Gasteiger partial charge on any atom is 0.152 e. The van der Waals surface area contributed by atoms with E-state index in [1.165, 1.54) is 6.42 Å². The standard InChI is InChI=1S/C17H20N4O/c1-12-5-4-8-21(10-12)11-16(22)13(9-18)17-19-14-6-2-3-7-15(14)20-17/h2-3,6-7,12,22H,4-5,8,10-11H2,1H3,(H,19,20)/b16-13-/t12-/m1/s1. The molecule has 5 heteroatoms. The van der Waals surface area contributed by atoms with Gasteiger partial charge in [-0.2, -0.15) is 5.26 Å². The Balaban J connectivity index is 1.86. The van der Waals surface area contributed by atoms with E-state index in [9.17, 15) is 10.4 Å². The molecule has 1 aromatic carbocycles. The fraction of sp³-hybridized carbons (Fsp3) is 0.412. The van der Waals surface area contributed by atoms with Gasteiger partial charge in [-0.25, -0.2) is 4.98 Å². The smallest absolute Gasteiger partial charge is 0.152 e. The summed E-state index contributed by atoms with van der Waals surface area (Å²) in [5, 5.41) is 19.8. The lowest BCUT2D eigenvalue weighted by Crippen LogP contribution is -2.35. The number of aliphatic hydroxyl groups is 1. The van der Waals surface area contributed by atoms with Crippen LogP contribution in [0.15, 0.2) is 30.0 Å². The van der Waals surface area contributed by atoms with E-state index >= 15 is 0 Å². The van der Waals surface area contributed by atoms with Crippen LogP contribution >= 0.6 is 0 Å². The predicted octanol–water partition coefficient (Wildman–Crippen LogP) is 3.09. The minimum Gasteiger partial charge on any atom is -0.509 e. The van der Waals surface area contributed by atoms with Crippen molar-refractivity contribution in [3.63, 3.8) is 0 Å². The molecule has 22 heavy (non-hydrogen) atoms. The summed E-state index contributed by atoms with van der Waals surface area (Å²) in [7, 11) is 0. The molecule has 5 nitrogen and oxygen atoms in total. The van der Waals surface area contributed by atoms with Crippen LogP contribution in [0.5, 0.6) is 0 Å². The van der Waals surface area contributed by atoms with Gasteiger partial charge in [-0.05, 0) is 37.4 Å². The van der Waals surface area contributed by atoms with E-state index in [2.05, 4.69) is 27.9 Å². The van der Waals surface area contributed by atoms with Gasteiger partial charge in [0.05, 0.1) is 17.6 Å². The molecular formula is C17H20N4O. The Kier molecular flexibility index (Phi) is 4.12. The molecule has 2 heterocycles. The number of rotatable bonds is 3. The number of likely N-dealkylation sites (tertiary alicyclic amines) is 1. The Bertz CT molecular complexity index is 707.